The second kappa shape index (κ2) is 4.72. The molecule has 3 nitrogen and oxygen atoms in total. The Balaban J connectivity index is 1.92. The van der Waals surface area contributed by atoms with Crippen LogP contribution in [0.3, 0.4) is 0 Å². The van der Waals surface area contributed by atoms with E-state index in [0.717, 1.165) is 34.1 Å². The van der Waals surface area contributed by atoms with Gasteiger partial charge in [0.1, 0.15) is 11.9 Å². The summed E-state index contributed by atoms with van der Waals surface area (Å²) in [7, 11) is 1.65. The van der Waals surface area contributed by atoms with Crippen LogP contribution < -0.4 is 9.64 Å². The molecule has 1 atom stereocenters. The second-order valence-corrected chi connectivity index (χ2v) is 5.52. The summed E-state index contributed by atoms with van der Waals surface area (Å²) in [6.45, 7) is 1.37. The number of methoxy groups -OCH3 is 1. The molecule has 0 N–H and O–H groups in total. The molecule has 1 saturated heterocycles. The van der Waals surface area contributed by atoms with Crippen LogP contribution in [0.1, 0.15) is 12.8 Å². The van der Waals surface area contributed by atoms with E-state index in [1.165, 1.54) is 0 Å². The molecule has 1 aromatic carbocycles. The summed E-state index contributed by atoms with van der Waals surface area (Å²) < 4.78 is 19.7. The van der Waals surface area contributed by atoms with Gasteiger partial charge in [-0.05, 0) is 25.0 Å². The molecular formula is C13H15FN2OS. The van der Waals surface area contributed by atoms with Crippen LogP contribution in [-0.2, 0) is 0 Å². The first kappa shape index (κ1) is 11.7. The monoisotopic (exact) mass is 266 g/mol. The summed E-state index contributed by atoms with van der Waals surface area (Å²) in [5.41, 5.74) is 0.926. The molecule has 0 saturated carbocycles. The molecule has 0 spiro atoms. The predicted molar refractivity (Wildman–Crippen MR) is 72.5 cm³/mol. The molecule has 1 aromatic heterocycles. The van der Waals surface area contributed by atoms with Gasteiger partial charge in [0, 0.05) is 12.6 Å². The molecule has 1 aliphatic heterocycles. The van der Waals surface area contributed by atoms with Crippen molar-refractivity contribution in [3.63, 3.8) is 0 Å². The number of halogens is 1. The van der Waals surface area contributed by atoms with E-state index in [4.69, 9.17) is 4.74 Å². The second-order valence-electron chi connectivity index (χ2n) is 4.52. The third-order valence-electron chi connectivity index (χ3n) is 3.22. The largest absolute Gasteiger partial charge is 0.497 e. The van der Waals surface area contributed by atoms with Gasteiger partial charge in [-0.25, -0.2) is 9.37 Å². The third kappa shape index (κ3) is 2.14. The highest BCUT2D eigenvalue weighted by atomic mass is 32.1. The van der Waals surface area contributed by atoms with E-state index in [0.29, 0.717) is 13.0 Å². The number of hydrogen-bond acceptors (Lipinski definition) is 4. The number of fused-ring (bicyclic) bond motifs is 1. The number of benzene rings is 1. The van der Waals surface area contributed by atoms with E-state index in [-0.39, 0.29) is 0 Å². The van der Waals surface area contributed by atoms with Crippen LogP contribution in [0.4, 0.5) is 9.52 Å². The molecule has 1 unspecified atom stereocenters. The van der Waals surface area contributed by atoms with E-state index in [1.807, 2.05) is 23.1 Å². The van der Waals surface area contributed by atoms with Crippen LogP contribution in [0, 0.1) is 0 Å². The lowest BCUT2D eigenvalue weighted by atomic mass is 10.1. The highest BCUT2D eigenvalue weighted by Gasteiger charge is 2.21. The van der Waals surface area contributed by atoms with Gasteiger partial charge >= 0.3 is 0 Å². The van der Waals surface area contributed by atoms with Crippen LogP contribution in [-0.4, -0.2) is 31.4 Å². The lowest BCUT2D eigenvalue weighted by Crippen LogP contribution is -2.36. The van der Waals surface area contributed by atoms with Crippen molar-refractivity contribution in [1.29, 1.82) is 0 Å². The fourth-order valence-electron chi connectivity index (χ4n) is 2.26. The number of hydrogen-bond donors (Lipinski definition) is 0. The Morgan fingerprint density at radius 2 is 2.39 bits per heavy atom. The fourth-order valence-corrected chi connectivity index (χ4v) is 3.24. The summed E-state index contributed by atoms with van der Waals surface area (Å²) in [6.07, 6.45) is 0.857. The number of thiazole rings is 1. The van der Waals surface area contributed by atoms with Crippen LogP contribution in [0.15, 0.2) is 18.2 Å². The number of aromatic nitrogens is 1. The molecule has 3 rings (SSSR count). The van der Waals surface area contributed by atoms with Gasteiger partial charge in [0.05, 0.1) is 23.9 Å². The Kier molecular flexibility index (Phi) is 3.07. The Bertz CT molecular complexity index is 557. The molecule has 0 amide bonds. The Morgan fingerprint density at radius 1 is 1.50 bits per heavy atom. The van der Waals surface area contributed by atoms with Crippen molar-refractivity contribution >= 4 is 26.7 Å². The maximum Gasteiger partial charge on any atom is 0.186 e. The molecule has 0 radical (unpaired) electrons. The first-order chi connectivity index (χ1) is 8.76. The Labute approximate surface area is 109 Å². The van der Waals surface area contributed by atoms with E-state index in [1.54, 1.807) is 18.4 Å². The molecule has 2 aromatic rings. The summed E-state index contributed by atoms with van der Waals surface area (Å²) in [5, 5.41) is 0.917. The zero-order chi connectivity index (χ0) is 12.5. The van der Waals surface area contributed by atoms with Gasteiger partial charge in [0.25, 0.3) is 0 Å². The van der Waals surface area contributed by atoms with Gasteiger partial charge in [-0.3, -0.25) is 0 Å². The Hall–Kier alpha value is -1.36. The summed E-state index contributed by atoms with van der Waals surface area (Å²) in [5.74, 6) is 0.807. The van der Waals surface area contributed by atoms with Gasteiger partial charge in [-0.1, -0.05) is 11.3 Å². The van der Waals surface area contributed by atoms with E-state index < -0.39 is 6.17 Å². The Morgan fingerprint density at radius 3 is 3.17 bits per heavy atom. The van der Waals surface area contributed by atoms with Crippen LogP contribution in [0.5, 0.6) is 5.75 Å². The van der Waals surface area contributed by atoms with Crippen LogP contribution in [0.25, 0.3) is 10.2 Å². The quantitative estimate of drug-likeness (QED) is 0.834. The highest BCUT2D eigenvalue weighted by molar-refractivity contribution is 7.22. The fraction of sp³-hybridized carbons (Fsp3) is 0.462. The number of piperidine rings is 1. The number of ether oxygens (including phenoxy) is 1. The average molecular weight is 266 g/mol. The van der Waals surface area contributed by atoms with Crippen LogP contribution in [0.2, 0.25) is 0 Å². The molecule has 96 valence electrons. The number of rotatable bonds is 2. The zero-order valence-corrected chi connectivity index (χ0v) is 11.0. The maximum absolute atomic E-state index is 13.4. The number of anilines is 1. The van der Waals surface area contributed by atoms with Gasteiger partial charge in [0.2, 0.25) is 0 Å². The molecule has 0 bridgehead atoms. The molecular weight excluding hydrogens is 251 g/mol. The SMILES string of the molecule is COc1ccc2sc(N3CCCC(F)C3)nc2c1. The van der Waals surface area contributed by atoms with Crippen LogP contribution >= 0.6 is 11.3 Å². The highest BCUT2D eigenvalue weighted by Crippen LogP contribution is 2.32. The van der Waals surface area contributed by atoms with E-state index in [2.05, 4.69) is 4.98 Å². The third-order valence-corrected chi connectivity index (χ3v) is 4.32. The normalized spacial score (nSPS) is 20.3. The lowest BCUT2D eigenvalue weighted by Gasteiger charge is -2.28. The topological polar surface area (TPSA) is 25.4 Å². The molecule has 18 heavy (non-hydrogen) atoms. The van der Waals surface area contributed by atoms with Crippen molar-refractivity contribution in [1.82, 2.24) is 4.98 Å². The maximum atomic E-state index is 13.4. The van der Waals surface area contributed by atoms with Crippen molar-refractivity contribution in [2.75, 3.05) is 25.1 Å². The molecule has 1 aliphatic rings. The molecule has 1 fully saturated rings. The van der Waals surface area contributed by atoms with Gasteiger partial charge in [-0.2, -0.15) is 0 Å². The average Bonchev–Trinajstić information content (AvgIpc) is 2.81. The van der Waals surface area contributed by atoms with E-state index >= 15 is 0 Å². The van der Waals surface area contributed by atoms with Crippen molar-refractivity contribution in [3.8, 4) is 5.75 Å². The standard InChI is InChI=1S/C13H15FN2OS/c1-17-10-4-5-12-11(7-10)15-13(18-12)16-6-2-3-9(14)8-16/h4-5,7,9H,2-3,6,8H2,1H3. The number of nitrogens with zero attached hydrogens (tertiary/aromatic N) is 2. The first-order valence-corrected chi connectivity index (χ1v) is 6.91. The van der Waals surface area contributed by atoms with E-state index in [9.17, 15) is 4.39 Å². The molecule has 2 heterocycles. The summed E-state index contributed by atoms with van der Waals surface area (Å²) >= 11 is 1.62. The van der Waals surface area contributed by atoms with Gasteiger partial charge in [0.15, 0.2) is 5.13 Å². The van der Waals surface area contributed by atoms with Crippen molar-refractivity contribution in [2.24, 2.45) is 0 Å². The molecule has 0 aliphatic carbocycles. The first-order valence-electron chi connectivity index (χ1n) is 6.10. The van der Waals surface area contributed by atoms with Gasteiger partial charge < -0.3 is 9.64 Å². The minimum atomic E-state index is -0.722. The van der Waals surface area contributed by atoms with Crippen molar-refractivity contribution < 1.29 is 9.13 Å². The summed E-state index contributed by atoms with van der Waals surface area (Å²) in [6, 6.07) is 5.86. The minimum absolute atomic E-state index is 0.469. The summed E-state index contributed by atoms with van der Waals surface area (Å²) in [4.78, 5) is 6.62. The van der Waals surface area contributed by atoms with Crippen molar-refractivity contribution in [2.45, 2.75) is 19.0 Å². The lowest BCUT2D eigenvalue weighted by molar-refractivity contribution is 0.287. The smallest absolute Gasteiger partial charge is 0.186 e. The zero-order valence-electron chi connectivity index (χ0n) is 10.2. The minimum Gasteiger partial charge on any atom is -0.497 e. The predicted octanol–water partition coefficient (Wildman–Crippen LogP) is 3.24. The van der Waals surface area contributed by atoms with Gasteiger partial charge in [-0.15, -0.1) is 0 Å². The van der Waals surface area contributed by atoms with Crippen molar-refractivity contribution in [3.05, 3.63) is 18.2 Å². The molecule has 5 heteroatoms. The number of alkyl halides is 1.